The number of anilines is 1. The molecule has 0 amide bonds. The van der Waals surface area contributed by atoms with E-state index in [-0.39, 0.29) is 12.6 Å². The second-order valence-electron chi connectivity index (χ2n) is 5.06. The number of nitrogens with zero attached hydrogens (tertiary/aromatic N) is 2. The van der Waals surface area contributed by atoms with Crippen LogP contribution in [-0.4, -0.2) is 48.8 Å². The first-order valence-corrected chi connectivity index (χ1v) is 7.25. The highest BCUT2D eigenvalue weighted by molar-refractivity contribution is 9.10. The first-order chi connectivity index (χ1) is 8.63. The van der Waals surface area contributed by atoms with Crippen LogP contribution in [0.3, 0.4) is 0 Å². The fourth-order valence-corrected chi connectivity index (χ4v) is 3.01. The SMILES string of the molecule is CC1CCN(c2ccccc2Br)C(CO)CN1C. The van der Waals surface area contributed by atoms with E-state index in [1.165, 1.54) is 5.69 Å². The van der Waals surface area contributed by atoms with Crippen molar-refractivity contribution in [2.75, 3.05) is 31.6 Å². The standard InChI is InChI=1S/C14H21BrN2O/c1-11-7-8-17(12(10-18)9-16(11)2)14-6-4-3-5-13(14)15/h3-6,11-12,18H,7-10H2,1-2H3. The maximum Gasteiger partial charge on any atom is 0.0648 e. The van der Waals surface area contributed by atoms with Crippen LogP contribution < -0.4 is 4.90 Å². The van der Waals surface area contributed by atoms with E-state index in [0.717, 1.165) is 24.0 Å². The zero-order chi connectivity index (χ0) is 13.1. The van der Waals surface area contributed by atoms with Gasteiger partial charge in [-0.1, -0.05) is 12.1 Å². The van der Waals surface area contributed by atoms with Gasteiger partial charge in [0.15, 0.2) is 0 Å². The van der Waals surface area contributed by atoms with E-state index < -0.39 is 0 Å². The van der Waals surface area contributed by atoms with Crippen LogP contribution in [0.15, 0.2) is 28.7 Å². The van der Waals surface area contributed by atoms with Crippen LogP contribution in [0, 0.1) is 0 Å². The van der Waals surface area contributed by atoms with E-state index >= 15 is 0 Å². The Morgan fingerprint density at radius 3 is 2.78 bits per heavy atom. The highest BCUT2D eigenvalue weighted by atomic mass is 79.9. The fraction of sp³-hybridized carbons (Fsp3) is 0.571. The predicted molar refractivity (Wildman–Crippen MR) is 79.1 cm³/mol. The lowest BCUT2D eigenvalue weighted by Gasteiger charge is -2.32. The fourth-order valence-electron chi connectivity index (χ4n) is 2.50. The number of hydrogen-bond donors (Lipinski definition) is 1. The van der Waals surface area contributed by atoms with Crippen LogP contribution in [-0.2, 0) is 0 Å². The van der Waals surface area contributed by atoms with E-state index in [2.05, 4.69) is 51.8 Å². The van der Waals surface area contributed by atoms with Gasteiger partial charge < -0.3 is 14.9 Å². The summed E-state index contributed by atoms with van der Waals surface area (Å²) in [6.07, 6.45) is 1.12. The topological polar surface area (TPSA) is 26.7 Å². The minimum Gasteiger partial charge on any atom is -0.394 e. The zero-order valence-corrected chi connectivity index (χ0v) is 12.6. The van der Waals surface area contributed by atoms with E-state index in [1.54, 1.807) is 0 Å². The van der Waals surface area contributed by atoms with Crippen LogP contribution >= 0.6 is 15.9 Å². The van der Waals surface area contributed by atoms with Gasteiger partial charge in [0.05, 0.1) is 18.3 Å². The summed E-state index contributed by atoms with van der Waals surface area (Å²) in [6, 6.07) is 8.97. The molecule has 0 aromatic heterocycles. The summed E-state index contributed by atoms with van der Waals surface area (Å²) in [5, 5.41) is 9.66. The van der Waals surface area contributed by atoms with E-state index in [0.29, 0.717) is 6.04 Å². The molecular weight excluding hydrogens is 292 g/mol. The Morgan fingerprint density at radius 2 is 2.11 bits per heavy atom. The predicted octanol–water partition coefficient (Wildman–Crippen LogP) is 2.34. The lowest BCUT2D eigenvalue weighted by Crippen LogP contribution is -2.43. The van der Waals surface area contributed by atoms with Crippen LogP contribution in [0.25, 0.3) is 0 Å². The van der Waals surface area contributed by atoms with Gasteiger partial charge in [-0.3, -0.25) is 0 Å². The highest BCUT2D eigenvalue weighted by Gasteiger charge is 2.27. The minimum absolute atomic E-state index is 0.165. The molecule has 1 aliphatic heterocycles. The highest BCUT2D eigenvalue weighted by Crippen LogP contribution is 2.29. The molecule has 1 N–H and O–H groups in total. The van der Waals surface area contributed by atoms with Crippen molar-refractivity contribution < 1.29 is 5.11 Å². The molecule has 4 heteroatoms. The van der Waals surface area contributed by atoms with Gasteiger partial charge in [0, 0.05) is 23.6 Å². The molecule has 2 atom stereocenters. The third-order valence-corrected chi connectivity index (χ3v) is 4.52. The van der Waals surface area contributed by atoms with Gasteiger partial charge >= 0.3 is 0 Å². The molecule has 3 nitrogen and oxygen atoms in total. The van der Waals surface area contributed by atoms with Crippen molar-refractivity contribution in [1.29, 1.82) is 0 Å². The molecule has 1 fully saturated rings. The number of aliphatic hydroxyl groups excluding tert-OH is 1. The van der Waals surface area contributed by atoms with Crippen molar-refractivity contribution in [3.05, 3.63) is 28.7 Å². The van der Waals surface area contributed by atoms with Crippen LogP contribution in [0.4, 0.5) is 5.69 Å². The molecule has 0 aliphatic carbocycles. The number of rotatable bonds is 2. The van der Waals surface area contributed by atoms with Gasteiger partial charge in [0.1, 0.15) is 0 Å². The maximum atomic E-state index is 9.66. The Balaban J connectivity index is 2.27. The van der Waals surface area contributed by atoms with Crippen LogP contribution in [0.5, 0.6) is 0 Å². The first kappa shape index (κ1) is 13.8. The molecule has 1 heterocycles. The third kappa shape index (κ3) is 2.87. The average molecular weight is 313 g/mol. The average Bonchev–Trinajstić information content (AvgIpc) is 2.51. The Kier molecular flexibility index (Phi) is 4.65. The summed E-state index contributed by atoms with van der Waals surface area (Å²) < 4.78 is 1.10. The molecule has 0 bridgehead atoms. The van der Waals surface area contributed by atoms with Gasteiger partial charge in [-0.25, -0.2) is 0 Å². The monoisotopic (exact) mass is 312 g/mol. The number of halogens is 1. The minimum atomic E-state index is 0.165. The van der Waals surface area contributed by atoms with Crippen molar-refractivity contribution in [3.63, 3.8) is 0 Å². The van der Waals surface area contributed by atoms with Crippen LogP contribution in [0.1, 0.15) is 13.3 Å². The summed E-state index contributed by atoms with van der Waals surface area (Å²) in [5.41, 5.74) is 1.18. The molecule has 1 aromatic rings. The smallest absolute Gasteiger partial charge is 0.0648 e. The van der Waals surface area contributed by atoms with Crippen molar-refractivity contribution in [3.8, 4) is 0 Å². The Hall–Kier alpha value is -0.580. The summed E-state index contributed by atoms with van der Waals surface area (Å²) >= 11 is 3.61. The van der Waals surface area contributed by atoms with E-state index in [1.807, 2.05) is 12.1 Å². The van der Waals surface area contributed by atoms with Crippen molar-refractivity contribution in [1.82, 2.24) is 4.90 Å². The Bertz CT molecular complexity index is 399. The number of benzene rings is 1. The summed E-state index contributed by atoms with van der Waals surface area (Å²) in [7, 11) is 2.14. The molecule has 0 saturated carbocycles. The molecule has 2 unspecified atom stereocenters. The molecular formula is C14H21BrN2O. The third-order valence-electron chi connectivity index (χ3n) is 3.85. The zero-order valence-electron chi connectivity index (χ0n) is 11.0. The van der Waals surface area contributed by atoms with Gasteiger partial charge in [0.25, 0.3) is 0 Å². The van der Waals surface area contributed by atoms with Crippen LogP contribution in [0.2, 0.25) is 0 Å². The summed E-state index contributed by atoms with van der Waals surface area (Å²) in [5.74, 6) is 0. The molecule has 100 valence electrons. The molecule has 0 radical (unpaired) electrons. The van der Waals surface area contributed by atoms with Crippen molar-refractivity contribution in [2.24, 2.45) is 0 Å². The Morgan fingerprint density at radius 1 is 1.39 bits per heavy atom. The largest absolute Gasteiger partial charge is 0.394 e. The second-order valence-corrected chi connectivity index (χ2v) is 5.91. The number of para-hydroxylation sites is 1. The lowest BCUT2D eigenvalue weighted by atomic mass is 10.2. The second kappa shape index (κ2) is 6.04. The van der Waals surface area contributed by atoms with Crippen molar-refractivity contribution in [2.45, 2.75) is 25.4 Å². The molecule has 2 rings (SSSR count). The first-order valence-electron chi connectivity index (χ1n) is 6.45. The molecule has 1 aliphatic rings. The van der Waals surface area contributed by atoms with Gasteiger partial charge in [-0.05, 0) is 48.5 Å². The molecule has 1 aromatic carbocycles. The van der Waals surface area contributed by atoms with Gasteiger partial charge in [-0.15, -0.1) is 0 Å². The normalized spacial score (nSPS) is 26.1. The Labute approximate surface area is 118 Å². The molecule has 0 spiro atoms. The maximum absolute atomic E-state index is 9.66. The van der Waals surface area contributed by atoms with Gasteiger partial charge in [-0.2, -0.15) is 0 Å². The van der Waals surface area contributed by atoms with Crippen molar-refractivity contribution >= 4 is 21.6 Å². The molecule has 1 saturated heterocycles. The quantitative estimate of drug-likeness (QED) is 0.908. The van der Waals surface area contributed by atoms with E-state index in [4.69, 9.17) is 0 Å². The number of hydrogen-bond acceptors (Lipinski definition) is 3. The number of likely N-dealkylation sites (N-methyl/N-ethyl adjacent to an activating group) is 1. The lowest BCUT2D eigenvalue weighted by molar-refractivity contribution is 0.206. The van der Waals surface area contributed by atoms with E-state index in [9.17, 15) is 5.11 Å². The number of aliphatic hydroxyl groups is 1. The summed E-state index contributed by atoms with van der Waals surface area (Å²) in [6.45, 7) is 4.33. The summed E-state index contributed by atoms with van der Waals surface area (Å²) in [4.78, 5) is 4.65. The van der Waals surface area contributed by atoms with Gasteiger partial charge in [0.2, 0.25) is 0 Å². The molecule has 18 heavy (non-hydrogen) atoms.